The minimum absolute atomic E-state index is 0.123. The molecule has 1 fully saturated rings. The molecule has 2 aliphatic rings. The Bertz CT molecular complexity index is 1040. The van der Waals surface area contributed by atoms with Gasteiger partial charge >= 0.3 is 0 Å². The Balaban J connectivity index is 1.72. The molecule has 1 unspecified atom stereocenters. The van der Waals surface area contributed by atoms with Crippen molar-refractivity contribution in [2.45, 2.75) is 49.5 Å². The number of rotatable bonds is 3. The van der Waals surface area contributed by atoms with E-state index in [0.29, 0.717) is 6.54 Å². The number of imidazole rings is 1. The molecular formula is C19H21ClN4O2S. The summed E-state index contributed by atoms with van der Waals surface area (Å²) in [6.07, 6.45) is 5.82. The molecule has 1 saturated heterocycles. The van der Waals surface area contributed by atoms with E-state index in [9.17, 15) is 8.42 Å². The number of nitriles is 1. The average Bonchev–Trinajstić information content (AvgIpc) is 3.27. The zero-order valence-corrected chi connectivity index (χ0v) is 16.7. The molecular weight excluding hydrogens is 384 g/mol. The molecule has 0 N–H and O–H groups in total. The van der Waals surface area contributed by atoms with Crippen molar-refractivity contribution in [2.24, 2.45) is 7.05 Å². The Hall–Kier alpha value is -1.88. The summed E-state index contributed by atoms with van der Waals surface area (Å²) in [4.78, 5) is 4.94. The number of hydrogen-bond donors (Lipinski definition) is 0. The molecule has 0 radical (unpaired) electrons. The Morgan fingerprint density at radius 2 is 2.04 bits per heavy atom. The largest absolute Gasteiger partial charge is 0.333 e. The second kappa shape index (κ2) is 6.93. The SMILES string of the molecule is Cn1c(C2CCCN2S(=O)(=O)c2ccc(C#N)c(Cl)c2)nc2c1CCCC2. The molecule has 1 aliphatic heterocycles. The van der Waals surface area contributed by atoms with Crippen molar-refractivity contribution in [3.05, 3.63) is 46.0 Å². The molecule has 0 spiro atoms. The molecule has 2 heterocycles. The molecule has 1 atom stereocenters. The van der Waals surface area contributed by atoms with Gasteiger partial charge in [-0.15, -0.1) is 0 Å². The van der Waals surface area contributed by atoms with Crippen LogP contribution in [0.5, 0.6) is 0 Å². The summed E-state index contributed by atoms with van der Waals surface area (Å²) in [5, 5.41) is 9.17. The van der Waals surface area contributed by atoms with Crippen LogP contribution in [0.15, 0.2) is 23.1 Å². The lowest BCUT2D eigenvalue weighted by atomic mass is 10.0. The minimum Gasteiger partial charge on any atom is -0.333 e. The van der Waals surface area contributed by atoms with Gasteiger partial charge in [-0.2, -0.15) is 9.57 Å². The zero-order valence-electron chi connectivity index (χ0n) is 15.2. The molecule has 27 heavy (non-hydrogen) atoms. The summed E-state index contributed by atoms with van der Waals surface area (Å²) >= 11 is 6.07. The Labute approximate surface area is 164 Å². The quantitative estimate of drug-likeness (QED) is 0.785. The van der Waals surface area contributed by atoms with Gasteiger partial charge in [-0.1, -0.05) is 11.6 Å². The predicted octanol–water partition coefficient (Wildman–Crippen LogP) is 3.35. The Kier molecular flexibility index (Phi) is 4.75. The van der Waals surface area contributed by atoms with Crippen LogP contribution >= 0.6 is 11.6 Å². The van der Waals surface area contributed by atoms with Crippen molar-refractivity contribution in [3.63, 3.8) is 0 Å². The van der Waals surface area contributed by atoms with Crippen LogP contribution in [0.3, 0.4) is 0 Å². The van der Waals surface area contributed by atoms with Crippen molar-refractivity contribution in [3.8, 4) is 6.07 Å². The van der Waals surface area contributed by atoms with E-state index in [1.807, 2.05) is 13.1 Å². The fourth-order valence-corrected chi connectivity index (χ4v) is 6.14. The van der Waals surface area contributed by atoms with E-state index in [1.54, 1.807) is 4.31 Å². The van der Waals surface area contributed by atoms with Gasteiger partial charge in [0.2, 0.25) is 10.0 Å². The van der Waals surface area contributed by atoms with E-state index in [1.165, 1.54) is 23.9 Å². The predicted molar refractivity (Wildman–Crippen MR) is 102 cm³/mol. The first-order chi connectivity index (χ1) is 12.9. The third-order valence-corrected chi connectivity index (χ3v) is 7.79. The summed E-state index contributed by atoms with van der Waals surface area (Å²) in [7, 11) is -1.72. The molecule has 1 aliphatic carbocycles. The number of benzene rings is 1. The van der Waals surface area contributed by atoms with E-state index in [0.717, 1.165) is 50.0 Å². The molecule has 6 nitrogen and oxygen atoms in total. The highest BCUT2D eigenvalue weighted by molar-refractivity contribution is 7.89. The summed E-state index contributed by atoms with van der Waals surface area (Å²) in [5.41, 5.74) is 2.62. The highest BCUT2D eigenvalue weighted by Crippen LogP contribution is 2.38. The Morgan fingerprint density at radius 1 is 1.26 bits per heavy atom. The van der Waals surface area contributed by atoms with Crippen molar-refractivity contribution in [2.75, 3.05) is 6.54 Å². The van der Waals surface area contributed by atoms with Gasteiger partial charge in [0.25, 0.3) is 0 Å². The molecule has 2 aromatic rings. The van der Waals surface area contributed by atoms with Crippen LogP contribution in [0.1, 0.15) is 54.5 Å². The van der Waals surface area contributed by atoms with Gasteiger partial charge in [0, 0.05) is 19.3 Å². The summed E-state index contributed by atoms with van der Waals surface area (Å²) < 4.78 is 30.2. The molecule has 1 aromatic carbocycles. The Morgan fingerprint density at radius 3 is 2.74 bits per heavy atom. The summed E-state index contributed by atoms with van der Waals surface area (Å²) in [6, 6.07) is 5.98. The maximum atomic E-state index is 13.3. The fourth-order valence-electron chi connectivity index (χ4n) is 4.17. The molecule has 1 aromatic heterocycles. The van der Waals surface area contributed by atoms with Gasteiger partial charge in [-0.25, -0.2) is 13.4 Å². The first-order valence-electron chi connectivity index (χ1n) is 9.19. The lowest BCUT2D eigenvalue weighted by Crippen LogP contribution is -2.32. The van der Waals surface area contributed by atoms with Crippen LogP contribution in [0.2, 0.25) is 5.02 Å². The normalized spacial score (nSPS) is 20.4. The van der Waals surface area contributed by atoms with Crippen LogP contribution in [0.25, 0.3) is 0 Å². The number of nitrogens with zero attached hydrogens (tertiary/aromatic N) is 4. The van der Waals surface area contributed by atoms with Gasteiger partial charge in [0.1, 0.15) is 11.9 Å². The van der Waals surface area contributed by atoms with Gasteiger partial charge in [-0.3, -0.25) is 0 Å². The maximum absolute atomic E-state index is 13.3. The third-order valence-electron chi connectivity index (χ3n) is 5.58. The van der Waals surface area contributed by atoms with Crippen LogP contribution < -0.4 is 0 Å². The van der Waals surface area contributed by atoms with Gasteiger partial charge in [0.05, 0.1) is 27.2 Å². The van der Waals surface area contributed by atoms with Gasteiger partial charge in [-0.05, 0) is 56.7 Å². The van der Waals surface area contributed by atoms with Crippen LogP contribution in [0, 0.1) is 11.3 Å². The van der Waals surface area contributed by atoms with Crippen molar-refractivity contribution in [1.29, 1.82) is 5.26 Å². The lowest BCUT2D eigenvalue weighted by molar-refractivity contribution is 0.376. The molecule has 0 amide bonds. The van der Waals surface area contributed by atoms with E-state index in [2.05, 4.69) is 4.57 Å². The number of fused-ring (bicyclic) bond motifs is 1. The van der Waals surface area contributed by atoms with E-state index in [-0.39, 0.29) is 21.5 Å². The minimum atomic E-state index is -3.72. The fraction of sp³-hybridized carbons (Fsp3) is 0.474. The van der Waals surface area contributed by atoms with Crippen LogP contribution in [-0.2, 0) is 29.9 Å². The van der Waals surface area contributed by atoms with E-state index < -0.39 is 10.0 Å². The highest BCUT2D eigenvalue weighted by Gasteiger charge is 2.39. The molecule has 0 bridgehead atoms. The van der Waals surface area contributed by atoms with Crippen LogP contribution in [0.4, 0.5) is 0 Å². The summed E-state index contributed by atoms with van der Waals surface area (Å²) in [6.45, 7) is 0.460. The van der Waals surface area contributed by atoms with Gasteiger partial charge < -0.3 is 4.57 Å². The highest BCUT2D eigenvalue weighted by atomic mass is 35.5. The van der Waals surface area contributed by atoms with Crippen molar-refractivity contribution < 1.29 is 8.42 Å². The van der Waals surface area contributed by atoms with Crippen molar-refractivity contribution >= 4 is 21.6 Å². The molecule has 4 rings (SSSR count). The first-order valence-corrected chi connectivity index (χ1v) is 11.0. The smallest absolute Gasteiger partial charge is 0.243 e. The number of aryl methyl sites for hydroxylation is 1. The topological polar surface area (TPSA) is 79.0 Å². The second-order valence-electron chi connectivity index (χ2n) is 7.16. The number of aromatic nitrogens is 2. The number of sulfonamides is 1. The summed E-state index contributed by atoms with van der Waals surface area (Å²) in [5.74, 6) is 0.836. The molecule has 142 valence electrons. The lowest BCUT2D eigenvalue weighted by Gasteiger charge is -2.24. The standard InChI is InChI=1S/C19H21ClN4O2S/c1-23-17-6-3-2-5-16(17)22-19(23)18-7-4-10-24(18)27(25,26)14-9-8-13(12-21)15(20)11-14/h8-9,11,18H,2-7,10H2,1H3. The molecule has 0 saturated carbocycles. The van der Waals surface area contributed by atoms with Gasteiger partial charge in [0.15, 0.2) is 0 Å². The number of hydrogen-bond acceptors (Lipinski definition) is 4. The van der Waals surface area contributed by atoms with E-state index >= 15 is 0 Å². The van der Waals surface area contributed by atoms with Crippen molar-refractivity contribution in [1.82, 2.24) is 13.9 Å². The third kappa shape index (κ3) is 3.06. The average molecular weight is 405 g/mol. The first kappa shape index (κ1) is 18.5. The molecule has 8 heteroatoms. The van der Waals surface area contributed by atoms with E-state index in [4.69, 9.17) is 21.8 Å². The number of halogens is 1. The van der Waals surface area contributed by atoms with Crippen LogP contribution in [-0.4, -0.2) is 28.8 Å². The maximum Gasteiger partial charge on any atom is 0.243 e. The second-order valence-corrected chi connectivity index (χ2v) is 9.45. The zero-order chi connectivity index (χ0) is 19.2. The monoisotopic (exact) mass is 404 g/mol.